The molecule has 5 heteroatoms. The number of nitrogens with one attached hydrogen (secondary N) is 1. The third-order valence-corrected chi connectivity index (χ3v) is 4.36. The van der Waals surface area contributed by atoms with Crippen molar-refractivity contribution in [1.82, 2.24) is 0 Å². The lowest BCUT2D eigenvalue weighted by atomic mass is 9.90. The number of amides is 2. The number of fused-ring (bicyclic) bond motifs is 1. The first-order chi connectivity index (χ1) is 11.4. The Morgan fingerprint density at radius 2 is 1.75 bits per heavy atom. The van der Waals surface area contributed by atoms with E-state index in [2.05, 4.69) is 5.32 Å². The van der Waals surface area contributed by atoms with Gasteiger partial charge in [-0.15, -0.1) is 0 Å². The molecule has 4 nitrogen and oxygen atoms in total. The summed E-state index contributed by atoms with van der Waals surface area (Å²) >= 11 is 0. The summed E-state index contributed by atoms with van der Waals surface area (Å²) in [5.41, 5.74) is 0.704. The third kappa shape index (κ3) is 2.77. The second-order valence-electron chi connectivity index (χ2n) is 6.39. The zero-order valence-corrected chi connectivity index (χ0v) is 13.7. The van der Waals surface area contributed by atoms with E-state index in [-0.39, 0.29) is 11.6 Å². The van der Waals surface area contributed by atoms with E-state index in [9.17, 15) is 14.0 Å². The molecule has 0 unspecified atom stereocenters. The number of rotatable bonds is 3. The Labute approximate surface area is 140 Å². The van der Waals surface area contributed by atoms with Crippen LogP contribution in [0.4, 0.5) is 15.8 Å². The summed E-state index contributed by atoms with van der Waals surface area (Å²) in [7, 11) is 0. The van der Waals surface area contributed by atoms with Gasteiger partial charge in [0.1, 0.15) is 11.2 Å². The molecule has 3 rings (SSSR count). The Balaban J connectivity index is 1.81. The molecule has 1 heterocycles. The van der Waals surface area contributed by atoms with Crippen molar-refractivity contribution < 1.29 is 14.0 Å². The second-order valence-corrected chi connectivity index (χ2v) is 6.39. The van der Waals surface area contributed by atoms with Crippen LogP contribution in [0, 0.1) is 11.2 Å². The van der Waals surface area contributed by atoms with Gasteiger partial charge in [0.25, 0.3) is 0 Å². The average molecular weight is 326 g/mol. The van der Waals surface area contributed by atoms with Crippen molar-refractivity contribution in [1.29, 1.82) is 0 Å². The highest BCUT2D eigenvalue weighted by molar-refractivity contribution is 6.15. The van der Waals surface area contributed by atoms with Crippen molar-refractivity contribution in [3.05, 3.63) is 59.9 Å². The molecular weight excluding hydrogens is 307 g/mol. The summed E-state index contributed by atoms with van der Waals surface area (Å²) in [6.07, 6.45) is 0.771. The number of hydrogen-bond donors (Lipinski definition) is 1. The van der Waals surface area contributed by atoms with Gasteiger partial charge in [0, 0.05) is 12.2 Å². The number of anilines is 2. The maximum Gasteiger partial charge on any atom is 0.242 e. The molecule has 0 spiro atoms. The Morgan fingerprint density at radius 1 is 1.08 bits per heavy atom. The van der Waals surface area contributed by atoms with Crippen LogP contribution < -0.4 is 10.2 Å². The van der Waals surface area contributed by atoms with Crippen molar-refractivity contribution in [3.8, 4) is 0 Å². The van der Waals surface area contributed by atoms with Gasteiger partial charge in [0.15, 0.2) is 0 Å². The van der Waals surface area contributed by atoms with E-state index in [0.29, 0.717) is 6.54 Å². The van der Waals surface area contributed by atoms with Crippen molar-refractivity contribution in [2.24, 2.45) is 5.41 Å². The molecular formula is C19H19FN2O2. The number of nitrogens with zero attached hydrogens (tertiary/aromatic N) is 1. The van der Waals surface area contributed by atoms with Crippen LogP contribution in [-0.2, 0) is 16.0 Å². The van der Waals surface area contributed by atoms with E-state index < -0.39 is 17.1 Å². The van der Waals surface area contributed by atoms with Crippen molar-refractivity contribution in [2.75, 3.05) is 16.8 Å². The number of para-hydroxylation sites is 2. The van der Waals surface area contributed by atoms with E-state index in [1.165, 1.54) is 12.1 Å². The van der Waals surface area contributed by atoms with Crippen molar-refractivity contribution in [2.45, 2.75) is 20.3 Å². The van der Waals surface area contributed by atoms with Crippen LogP contribution in [-0.4, -0.2) is 18.4 Å². The predicted molar refractivity (Wildman–Crippen MR) is 91.3 cm³/mol. The van der Waals surface area contributed by atoms with Crippen LogP contribution in [0.3, 0.4) is 0 Å². The van der Waals surface area contributed by atoms with E-state index in [1.54, 1.807) is 30.9 Å². The Kier molecular flexibility index (Phi) is 4.09. The lowest BCUT2D eigenvalue weighted by molar-refractivity contribution is -0.136. The topological polar surface area (TPSA) is 49.4 Å². The van der Waals surface area contributed by atoms with Crippen LogP contribution in [0.25, 0.3) is 0 Å². The highest BCUT2D eigenvalue weighted by Gasteiger charge is 2.41. The van der Waals surface area contributed by atoms with Gasteiger partial charge in [-0.2, -0.15) is 0 Å². The molecule has 1 aliphatic rings. The predicted octanol–water partition coefficient (Wildman–Crippen LogP) is 3.38. The fourth-order valence-corrected chi connectivity index (χ4v) is 2.82. The van der Waals surface area contributed by atoms with Crippen molar-refractivity contribution in [3.63, 3.8) is 0 Å². The van der Waals surface area contributed by atoms with Gasteiger partial charge in [0.05, 0.1) is 5.69 Å². The molecule has 0 fully saturated rings. The molecule has 24 heavy (non-hydrogen) atoms. The molecule has 1 N–H and O–H groups in total. The summed E-state index contributed by atoms with van der Waals surface area (Å²) in [6.45, 7) is 3.67. The Bertz CT molecular complexity index is 801. The first-order valence-corrected chi connectivity index (χ1v) is 7.87. The summed E-state index contributed by atoms with van der Waals surface area (Å²) < 4.78 is 13.7. The van der Waals surface area contributed by atoms with Crippen LogP contribution in [0.15, 0.2) is 48.5 Å². The highest BCUT2D eigenvalue weighted by Crippen LogP contribution is 2.32. The third-order valence-electron chi connectivity index (χ3n) is 4.36. The monoisotopic (exact) mass is 326 g/mol. The molecule has 0 aromatic heterocycles. The quantitative estimate of drug-likeness (QED) is 0.879. The summed E-state index contributed by atoms with van der Waals surface area (Å²) in [4.78, 5) is 27.1. The SMILES string of the molecule is CC(C)(C(=O)Nc1ccccc1F)C(=O)N1CCc2ccccc21. The van der Waals surface area contributed by atoms with Gasteiger partial charge in [-0.05, 0) is 44.0 Å². The number of carbonyl (C=O) groups excluding carboxylic acids is 2. The lowest BCUT2D eigenvalue weighted by Crippen LogP contribution is -2.47. The zero-order chi connectivity index (χ0) is 17.3. The van der Waals surface area contributed by atoms with E-state index in [4.69, 9.17) is 0 Å². The van der Waals surface area contributed by atoms with Crippen molar-refractivity contribution >= 4 is 23.2 Å². The average Bonchev–Trinajstić information content (AvgIpc) is 3.00. The normalized spacial score (nSPS) is 13.5. The van der Waals surface area contributed by atoms with Gasteiger partial charge in [-0.25, -0.2) is 4.39 Å². The zero-order valence-electron chi connectivity index (χ0n) is 13.7. The van der Waals surface area contributed by atoms with Gasteiger partial charge >= 0.3 is 0 Å². The fraction of sp³-hybridized carbons (Fsp3) is 0.263. The second kappa shape index (κ2) is 6.07. The van der Waals surface area contributed by atoms with Crippen LogP contribution in [0.2, 0.25) is 0 Å². The number of benzene rings is 2. The number of carbonyl (C=O) groups is 2. The highest BCUT2D eigenvalue weighted by atomic mass is 19.1. The van der Waals surface area contributed by atoms with Crippen LogP contribution in [0.5, 0.6) is 0 Å². The first-order valence-electron chi connectivity index (χ1n) is 7.87. The molecule has 0 aliphatic carbocycles. The van der Waals surface area contributed by atoms with E-state index >= 15 is 0 Å². The molecule has 0 radical (unpaired) electrons. The van der Waals surface area contributed by atoms with E-state index in [0.717, 1.165) is 17.7 Å². The summed E-state index contributed by atoms with van der Waals surface area (Å²) in [5, 5.41) is 2.52. The van der Waals surface area contributed by atoms with Gasteiger partial charge in [0.2, 0.25) is 11.8 Å². The smallest absolute Gasteiger partial charge is 0.242 e. The molecule has 2 amide bonds. The standard InChI is InChI=1S/C19H19FN2O2/c1-19(2,17(23)21-15-9-5-4-8-14(15)20)18(24)22-12-11-13-7-3-6-10-16(13)22/h3-10H,11-12H2,1-2H3,(H,21,23). The minimum Gasteiger partial charge on any atom is -0.323 e. The molecule has 2 aromatic rings. The number of halogens is 1. The Hall–Kier alpha value is -2.69. The molecule has 1 aliphatic heterocycles. The van der Waals surface area contributed by atoms with Gasteiger partial charge in [-0.3, -0.25) is 9.59 Å². The maximum atomic E-state index is 13.7. The Morgan fingerprint density at radius 3 is 2.50 bits per heavy atom. The molecule has 0 bridgehead atoms. The minimum atomic E-state index is -1.31. The van der Waals surface area contributed by atoms with Gasteiger partial charge in [-0.1, -0.05) is 30.3 Å². The van der Waals surface area contributed by atoms with Gasteiger partial charge < -0.3 is 10.2 Å². The summed E-state index contributed by atoms with van der Waals surface area (Å²) in [6, 6.07) is 13.6. The molecule has 0 atom stereocenters. The number of hydrogen-bond acceptors (Lipinski definition) is 2. The molecule has 0 saturated carbocycles. The first kappa shape index (κ1) is 16.2. The largest absolute Gasteiger partial charge is 0.323 e. The summed E-state index contributed by atoms with van der Waals surface area (Å²) in [5.74, 6) is -1.34. The van der Waals surface area contributed by atoms with Crippen LogP contribution in [0.1, 0.15) is 19.4 Å². The van der Waals surface area contributed by atoms with Crippen LogP contribution >= 0.6 is 0 Å². The lowest BCUT2D eigenvalue weighted by Gasteiger charge is -2.28. The molecule has 2 aromatic carbocycles. The molecule has 124 valence electrons. The van der Waals surface area contributed by atoms with E-state index in [1.807, 2.05) is 24.3 Å². The maximum absolute atomic E-state index is 13.7. The fourth-order valence-electron chi connectivity index (χ4n) is 2.82. The minimum absolute atomic E-state index is 0.0743. The molecule has 0 saturated heterocycles.